The summed E-state index contributed by atoms with van der Waals surface area (Å²) in [5, 5.41) is 5.88. The Morgan fingerprint density at radius 1 is 1.13 bits per heavy atom. The highest BCUT2D eigenvalue weighted by Gasteiger charge is 2.42. The molecule has 30 heavy (non-hydrogen) atoms. The van der Waals surface area contributed by atoms with Crippen molar-refractivity contribution >= 4 is 35.0 Å². The van der Waals surface area contributed by atoms with Crippen molar-refractivity contribution < 1.29 is 19.1 Å². The lowest BCUT2D eigenvalue weighted by atomic mass is 9.72. The minimum Gasteiger partial charge on any atom is -0.478 e. The van der Waals surface area contributed by atoms with E-state index >= 15 is 0 Å². The molecule has 1 atom stereocenters. The molecule has 0 aromatic heterocycles. The predicted molar refractivity (Wildman–Crippen MR) is 116 cm³/mol. The number of ether oxygens (including phenoxy) is 1. The van der Waals surface area contributed by atoms with Gasteiger partial charge in [-0.3, -0.25) is 19.7 Å². The number of anilines is 1. The SMILES string of the molecule is CCC1(c2ccc(NC(=O)C(C)(C)Oc3ccc(Cl)cc3)cc2)CCC(=O)NC1=O. The third-order valence-corrected chi connectivity index (χ3v) is 5.75. The molecular formula is C23H25ClN2O4. The molecule has 2 aromatic carbocycles. The van der Waals surface area contributed by atoms with Crippen molar-refractivity contribution in [3.8, 4) is 5.75 Å². The minimum atomic E-state index is -1.11. The van der Waals surface area contributed by atoms with Crippen LogP contribution in [0, 0.1) is 0 Å². The summed E-state index contributed by atoms with van der Waals surface area (Å²) in [6.45, 7) is 5.29. The standard InChI is InChI=1S/C23H25ClN2O4/c1-4-23(14-13-19(27)26-21(23)29)15-5-9-17(10-6-15)25-20(28)22(2,3)30-18-11-7-16(24)8-12-18/h5-12H,4,13-14H2,1-3H3,(H,25,28)(H,26,27,29). The van der Waals surface area contributed by atoms with Crippen LogP contribution in [-0.4, -0.2) is 23.3 Å². The van der Waals surface area contributed by atoms with Gasteiger partial charge in [0.1, 0.15) is 5.75 Å². The van der Waals surface area contributed by atoms with E-state index in [-0.39, 0.29) is 17.7 Å². The maximum absolute atomic E-state index is 12.7. The molecule has 1 unspecified atom stereocenters. The topological polar surface area (TPSA) is 84.5 Å². The summed E-state index contributed by atoms with van der Waals surface area (Å²) in [6.07, 6.45) is 1.37. The lowest BCUT2D eigenvalue weighted by molar-refractivity contribution is -0.138. The molecule has 2 N–H and O–H groups in total. The summed E-state index contributed by atoms with van der Waals surface area (Å²) < 4.78 is 5.81. The largest absolute Gasteiger partial charge is 0.478 e. The number of piperidine rings is 1. The molecule has 7 heteroatoms. The summed E-state index contributed by atoms with van der Waals surface area (Å²) in [7, 11) is 0. The number of nitrogens with one attached hydrogen (secondary N) is 2. The van der Waals surface area contributed by atoms with Gasteiger partial charge >= 0.3 is 0 Å². The number of rotatable bonds is 6. The van der Waals surface area contributed by atoms with Gasteiger partial charge in [0.15, 0.2) is 5.60 Å². The van der Waals surface area contributed by atoms with Gasteiger partial charge < -0.3 is 10.1 Å². The second-order valence-corrected chi connectivity index (χ2v) is 8.35. The van der Waals surface area contributed by atoms with Gasteiger partial charge in [-0.25, -0.2) is 0 Å². The van der Waals surface area contributed by atoms with Crippen molar-refractivity contribution in [2.45, 2.75) is 51.0 Å². The quantitative estimate of drug-likeness (QED) is 0.674. The molecule has 3 amide bonds. The fraction of sp³-hybridized carbons (Fsp3) is 0.348. The zero-order valence-electron chi connectivity index (χ0n) is 17.3. The van der Waals surface area contributed by atoms with Gasteiger partial charge in [-0.2, -0.15) is 0 Å². The van der Waals surface area contributed by atoms with E-state index in [1.165, 1.54) is 0 Å². The predicted octanol–water partition coefficient (Wildman–Crippen LogP) is 4.22. The average molecular weight is 429 g/mol. The molecule has 6 nitrogen and oxygen atoms in total. The molecule has 1 saturated heterocycles. The Bertz CT molecular complexity index is 954. The van der Waals surface area contributed by atoms with Crippen LogP contribution in [0.2, 0.25) is 5.02 Å². The van der Waals surface area contributed by atoms with E-state index in [9.17, 15) is 14.4 Å². The highest BCUT2D eigenvalue weighted by molar-refractivity contribution is 6.30. The van der Waals surface area contributed by atoms with Crippen molar-refractivity contribution in [2.24, 2.45) is 0 Å². The monoisotopic (exact) mass is 428 g/mol. The summed E-state index contributed by atoms with van der Waals surface area (Å²) in [5.41, 5.74) is -0.423. The van der Waals surface area contributed by atoms with Crippen molar-refractivity contribution in [2.75, 3.05) is 5.32 Å². The second-order valence-electron chi connectivity index (χ2n) is 7.91. The number of carbonyl (C=O) groups is 3. The molecule has 158 valence electrons. The van der Waals surface area contributed by atoms with Crippen LogP contribution in [0.15, 0.2) is 48.5 Å². The average Bonchev–Trinajstić information content (AvgIpc) is 2.71. The van der Waals surface area contributed by atoms with E-state index in [0.717, 1.165) is 5.56 Å². The molecule has 0 bridgehead atoms. The summed E-state index contributed by atoms with van der Waals surface area (Å²) >= 11 is 5.88. The van der Waals surface area contributed by atoms with Crippen LogP contribution in [0.1, 0.15) is 45.6 Å². The molecule has 0 aliphatic carbocycles. The second kappa shape index (κ2) is 8.48. The number of amides is 3. The third kappa shape index (κ3) is 4.49. The number of imide groups is 1. The lowest BCUT2D eigenvalue weighted by Gasteiger charge is -2.35. The van der Waals surface area contributed by atoms with Crippen LogP contribution in [-0.2, 0) is 19.8 Å². The van der Waals surface area contributed by atoms with Crippen molar-refractivity contribution in [3.05, 3.63) is 59.1 Å². The maximum atomic E-state index is 12.7. The van der Waals surface area contributed by atoms with Gasteiger partial charge in [-0.15, -0.1) is 0 Å². The molecule has 0 saturated carbocycles. The highest BCUT2D eigenvalue weighted by atomic mass is 35.5. The molecular weight excluding hydrogens is 404 g/mol. The fourth-order valence-corrected chi connectivity index (χ4v) is 3.69. The molecule has 1 aliphatic heterocycles. The first-order chi connectivity index (χ1) is 14.2. The molecule has 1 aliphatic rings. The summed E-state index contributed by atoms with van der Waals surface area (Å²) in [5.74, 6) is -0.277. The van der Waals surface area contributed by atoms with Crippen molar-refractivity contribution in [1.82, 2.24) is 5.32 Å². The Kier molecular flexibility index (Phi) is 6.17. The van der Waals surface area contributed by atoms with Crippen LogP contribution in [0.5, 0.6) is 5.75 Å². The molecule has 2 aromatic rings. The van der Waals surface area contributed by atoms with E-state index in [1.807, 2.05) is 19.1 Å². The highest BCUT2D eigenvalue weighted by Crippen LogP contribution is 2.36. The maximum Gasteiger partial charge on any atom is 0.267 e. The van der Waals surface area contributed by atoms with E-state index in [0.29, 0.717) is 35.7 Å². The van der Waals surface area contributed by atoms with E-state index in [4.69, 9.17) is 16.3 Å². The zero-order chi connectivity index (χ0) is 21.9. The summed E-state index contributed by atoms with van der Waals surface area (Å²) in [4.78, 5) is 36.8. The van der Waals surface area contributed by atoms with Gasteiger partial charge in [0.05, 0.1) is 5.41 Å². The zero-order valence-corrected chi connectivity index (χ0v) is 18.0. The number of carbonyl (C=O) groups excluding carboxylic acids is 3. The van der Waals surface area contributed by atoms with Gasteiger partial charge in [-0.05, 0) is 68.7 Å². The number of benzene rings is 2. The number of halogens is 1. The van der Waals surface area contributed by atoms with E-state index in [1.54, 1.807) is 50.2 Å². The molecule has 1 heterocycles. The first-order valence-electron chi connectivity index (χ1n) is 9.87. The Labute approximate surface area is 180 Å². The lowest BCUT2D eigenvalue weighted by Crippen LogP contribution is -2.51. The van der Waals surface area contributed by atoms with Crippen LogP contribution < -0.4 is 15.4 Å². The number of hydrogen-bond acceptors (Lipinski definition) is 4. The molecule has 0 spiro atoms. The van der Waals surface area contributed by atoms with Crippen molar-refractivity contribution in [3.63, 3.8) is 0 Å². The van der Waals surface area contributed by atoms with Gasteiger partial charge in [-0.1, -0.05) is 30.7 Å². The van der Waals surface area contributed by atoms with E-state index < -0.39 is 11.0 Å². The smallest absolute Gasteiger partial charge is 0.267 e. The Hall–Kier alpha value is -2.86. The van der Waals surface area contributed by atoms with Gasteiger partial charge in [0.2, 0.25) is 11.8 Å². The third-order valence-electron chi connectivity index (χ3n) is 5.50. The van der Waals surface area contributed by atoms with Crippen LogP contribution in [0.25, 0.3) is 0 Å². The van der Waals surface area contributed by atoms with E-state index in [2.05, 4.69) is 10.6 Å². The fourth-order valence-electron chi connectivity index (χ4n) is 3.56. The van der Waals surface area contributed by atoms with Crippen LogP contribution >= 0.6 is 11.6 Å². The van der Waals surface area contributed by atoms with Crippen LogP contribution in [0.4, 0.5) is 5.69 Å². The normalized spacial score (nSPS) is 19.2. The first-order valence-corrected chi connectivity index (χ1v) is 10.2. The molecule has 3 rings (SSSR count). The summed E-state index contributed by atoms with van der Waals surface area (Å²) in [6, 6.07) is 14.0. The Morgan fingerprint density at radius 3 is 2.33 bits per heavy atom. The first kappa shape index (κ1) is 21.8. The Balaban J connectivity index is 1.71. The van der Waals surface area contributed by atoms with Crippen molar-refractivity contribution in [1.29, 1.82) is 0 Å². The van der Waals surface area contributed by atoms with Crippen LogP contribution in [0.3, 0.4) is 0 Å². The molecule has 0 radical (unpaired) electrons. The molecule has 1 fully saturated rings. The van der Waals surface area contributed by atoms with Gasteiger partial charge in [0, 0.05) is 17.1 Å². The van der Waals surface area contributed by atoms with Gasteiger partial charge in [0.25, 0.3) is 5.91 Å². The minimum absolute atomic E-state index is 0.240. The Morgan fingerprint density at radius 2 is 1.77 bits per heavy atom. The number of hydrogen-bond donors (Lipinski definition) is 2.